The van der Waals surface area contributed by atoms with Gasteiger partial charge in [0, 0.05) is 25.1 Å². The van der Waals surface area contributed by atoms with Gasteiger partial charge in [0.15, 0.2) is 0 Å². The minimum atomic E-state index is -4.25. The van der Waals surface area contributed by atoms with E-state index in [0.29, 0.717) is 35.4 Å². The van der Waals surface area contributed by atoms with E-state index < -0.39 is 11.9 Å². The lowest BCUT2D eigenvalue weighted by Gasteiger charge is -2.32. The van der Waals surface area contributed by atoms with Crippen molar-refractivity contribution < 1.29 is 22.7 Å². The Morgan fingerprint density at radius 2 is 2.17 bits per heavy atom. The predicted octanol–water partition coefficient (Wildman–Crippen LogP) is 3.98. The quantitative estimate of drug-likeness (QED) is 0.837. The summed E-state index contributed by atoms with van der Waals surface area (Å²) in [6.07, 6.45) is -2.50. The number of nitrogens with one attached hydrogen (secondary N) is 1. The van der Waals surface area contributed by atoms with Crippen LogP contribution in [0.25, 0.3) is 0 Å². The summed E-state index contributed by atoms with van der Waals surface area (Å²) >= 11 is 0.665. The Morgan fingerprint density at radius 1 is 1.43 bits per heavy atom. The Balaban J connectivity index is 2.00. The number of urea groups is 1. The Hall–Kier alpha value is -1.41. The number of methoxy groups -OCH3 is 1. The highest BCUT2D eigenvalue weighted by atomic mass is 32.2. The molecular weight excluding hydrogens is 329 g/mol. The van der Waals surface area contributed by atoms with Crippen LogP contribution in [0.4, 0.5) is 23.7 Å². The summed E-state index contributed by atoms with van der Waals surface area (Å²) in [4.78, 5) is 14.3. The van der Waals surface area contributed by atoms with Crippen molar-refractivity contribution >= 4 is 23.5 Å². The van der Waals surface area contributed by atoms with Crippen molar-refractivity contribution in [1.82, 2.24) is 4.90 Å². The molecule has 0 unspecified atom stereocenters. The second kappa shape index (κ2) is 7.92. The van der Waals surface area contributed by atoms with E-state index in [0.717, 1.165) is 12.8 Å². The standard InChI is InChI=1S/C15H19F3N2O2S/c1-22-11-5-4-8-20(9-11)14(21)19-12-6-2-3-7-13(12)23-10-15(16,17)18/h2-3,6-7,11H,4-5,8-10H2,1H3,(H,19,21)/t11-/m0/s1. The van der Waals surface area contributed by atoms with Crippen molar-refractivity contribution in [2.24, 2.45) is 0 Å². The molecule has 1 fully saturated rings. The van der Waals surface area contributed by atoms with E-state index in [9.17, 15) is 18.0 Å². The number of carbonyl (C=O) groups excluding carboxylic acids is 1. The number of ether oxygens (including phenoxy) is 1. The highest BCUT2D eigenvalue weighted by molar-refractivity contribution is 7.99. The first kappa shape index (κ1) is 17.9. The first-order valence-electron chi connectivity index (χ1n) is 7.26. The van der Waals surface area contributed by atoms with Gasteiger partial charge in [-0.1, -0.05) is 12.1 Å². The molecule has 1 N–H and O–H groups in total. The van der Waals surface area contributed by atoms with Crippen molar-refractivity contribution in [1.29, 1.82) is 0 Å². The average Bonchev–Trinajstić information content (AvgIpc) is 2.53. The molecule has 2 amide bonds. The normalized spacial score (nSPS) is 18.8. The number of thioether (sulfide) groups is 1. The number of para-hydroxylation sites is 1. The molecular formula is C15H19F3N2O2S. The zero-order chi connectivity index (χ0) is 16.9. The van der Waals surface area contributed by atoms with Crippen molar-refractivity contribution in [2.45, 2.75) is 30.0 Å². The van der Waals surface area contributed by atoms with Crippen LogP contribution in [0.3, 0.4) is 0 Å². The molecule has 1 aromatic rings. The van der Waals surface area contributed by atoms with Gasteiger partial charge in [0.05, 0.1) is 17.5 Å². The van der Waals surface area contributed by atoms with Crippen molar-refractivity contribution in [2.75, 3.05) is 31.3 Å². The van der Waals surface area contributed by atoms with Gasteiger partial charge in [-0.3, -0.25) is 0 Å². The van der Waals surface area contributed by atoms with Crippen LogP contribution in [-0.4, -0.2) is 49.2 Å². The van der Waals surface area contributed by atoms with Gasteiger partial charge in [0.1, 0.15) is 0 Å². The highest BCUT2D eigenvalue weighted by Gasteiger charge is 2.28. The Morgan fingerprint density at radius 3 is 2.87 bits per heavy atom. The van der Waals surface area contributed by atoms with Crippen LogP contribution in [0.1, 0.15) is 12.8 Å². The van der Waals surface area contributed by atoms with Gasteiger partial charge in [0.25, 0.3) is 0 Å². The third kappa shape index (κ3) is 5.62. The maximum atomic E-state index is 12.4. The van der Waals surface area contributed by atoms with Gasteiger partial charge in [-0.2, -0.15) is 13.2 Å². The summed E-state index contributed by atoms with van der Waals surface area (Å²) in [5.41, 5.74) is 0.395. The van der Waals surface area contributed by atoms with Crippen molar-refractivity contribution in [3.05, 3.63) is 24.3 Å². The Kier molecular flexibility index (Phi) is 6.17. The van der Waals surface area contributed by atoms with Crippen LogP contribution in [0.2, 0.25) is 0 Å². The first-order chi connectivity index (χ1) is 10.9. The highest BCUT2D eigenvalue weighted by Crippen LogP contribution is 2.32. The molecule has 1 aliphatic heterocycles. The minimum Gasteiger partial charge on any atom is -0.380 e. The molecule has 0 saturated carbocycles. The number of hydrogen-bond acceptors (Lipinski definition) is 3. The van der Waals surface area contributed by atoms with E-state index in [4.69, 9.17) is 4.74 Å². The topological polar surface area (TPSA) is 41.6 Å². The third-order valence-corrected chi connectivity index (χ3v) is 4.66. The van der Waals surface area contributed by atoms with Crippen LogP contribution >= 0.6 is 11.8 Å². The van der Waals surface area contributed by atoms with E-state index in [1.807, 2.05) is 0 Å². The minimum absolute atomic E-state index is 0.00403. The monoisotopic (exact) mass is 348 g/mol. The van der Waals surface area contributed by atoms with E-state index in [1.54, 1.807) is 36.3 Å². The fourth-order valence-corrected chi connectivity index (χ4v) is 3.13. The summed E-state index contributed by atoms with van der Waals surface area (Å²) in [6, 6.07) is 6.19. The number of hydrogen-bond donors (Lipinski definition) is 1. The SMILES string of the molecule is CO[C@H]1CCCN(C(=O)Nc2ccccc2SCC(F)(F)F)C1. The molecule has 1 aliphatic rings. The lowest BCUT2D eigenvalue weighted by molar-refractivity contribution is -0.105. The van der Waals surface area contributed by atoms with Crippen LogP contribution in [0.5, 0.6) is 0 Å². The second-order valence-corrected chi connectivity index (χ2v) is 6.29. The molecule has 23 heavy (non-hydrogen) atoms. The average molecular weight is 348 g/mol. The molecule has 0 spiro atoms. The third-order valence-electron chi connectivity index (χ3n) is 3.52. The van der Waals surface area contributed by atoms with Crippen LogP contribution < -0.4 is 5.32 Å². The maximum Gasteiger partial charge on any atom is 0.398 e. The zero-order valence-corrected chi connectivity index (χ0v) is 13.5. The molecule has 1 atom stereocenters. The van der Waals surface area contributed by atoms with Crippen molar-refractivity contribution in [3.63, 3.8) is 0 Å². The van der Waals surface area contributed by atoms with Crippen LogP contribution in [0.15, 0.2) is 29.2 Å². The number of anilines is 1. The number of alkyl halides is 3. The van der Waals surface area contributed by atoms with E-state index in [1.165, 1.54) is 0 Å². The number of halogens is 3. The molecule has 4 nitrogen and oxygen atoms in total. The van der Waals surface area contributed by atoms with Gasteiger partial charge in [-0.25, -0.2) is 4.79 Å². The number of nitrogens with zero attached hydrogens (tertiary/aromatic N) is 1. The smallest absolute Gasteiger partial charge is 0.380 e. The number of carbonyl (C=O) groups is 1. The summed E-state index contributed by atoms with van der Waals surface area (Å²) in [5, 5.41) is 2.70. The number of rotatable bonds is 4. The number of piperidine rings is 1. The summed E-state index contributed by atoms with van der Waals surface area (Å²) in [5.74, 6) is -0.991. The number of benzene rings is 1. The molecule has 2 rings (SSSR count). The molecule has 0 bridgehead atoms. The fraction of sp³-hybridized carbons (Fsp3) is 0.533. The predicted molar refractivity (Wildman–Crippen MR) is 83.8 cm³/mol. The maximum absolute atomic E-state index is 12.4. The van der Waals surface area contributed by atoms with Gasteiger partial charge < -0.3 is 15.0 Å². The summed E-state index contributed by atoms with van der Waals surface area (Å²) in [7, 11) is 1.61. The van der Waals surface area contributed by atoms with E-state index >= 15 is 0 Å². The van der Waals surface area contributed by atoms with E-state index in [-0.39, 0.29) is 12.1 Å². The molecule has 1 aromatic carbocycles. The van der Waals surface area contributed by atoms with Gasteiger partial charge in [-0.15, -0.1) is 11.8 Å². The summed E-state index contributed by atoms with van der Waals surface area (Å²) in [6.45, 7) is 1.10. The molecule has 8 heteroatoms. The van der Waals surface area contributed by atoms with Gasteiger partial charge >= 0.3 is 12.2 Å². The van der Waals surface area contributed by atoms with Gasteiger partial charge in [-0.05, 0) is 25.0 Å². The Bertz CT molecular complexity index is 540. The van der Waals surface area contributed by atoms with Crippen molar-refractivity contribution in [3.8, 4) is 0 Å². The molecule has 128 valence electrons. The second-order valence-electron chi connectivity index (χ2n) is 5.28. The molecule has 0 radical (unpaired) electrons. The first-order valence-corrected chi connectivity index (χ1v) is 8.25. The molecule has 1 saturated heterocycles. The number of amides is 2. The lowest BCUT2D eigenvalue weighted by atomic mass is 10.1. The lowest BCUT2D eigenvalue weighted by Crippen LogP contribution is -2.44. The molecule has 0 aliphatic carbocycles. The van der Waals surface area contributed by atoms with E-state index in [2.05, 4.69) is 5.32 Å². The zero-order valence-electron chi connectivity index (χ0n) is 12.7. The molecule has 1 heterocycles. The number of likely N-dealkylation sites (tertiary alicyclic amines) is 1. The Labute approximate surface area is 137 Å². The van der Waals surface area contributed by atoms with Crippen LogP contribution in [-0.2, 0) is 4.74 Å². The summed E-state index contributed by atoms with van der Waals surface area (Å²) < 4.78 is 42.4. The van der Waals surface area contributed by atoms with Gasteiger partial charge in [0.2, 0.25) is 0 Å². The molecule has 0 aromatic heterocycles. The van der Waals surface area contributed by atoms with Crippen LogP contribution in [0, 0.1) is 0 Å². The fourth-order valence-electron chi connectivity index (χ4n) is 2.36. The largest absolute Gasteiger partial charge is 0.398 e.